The standard InChI is InChI=1S/C23H29N5O/c1-14-13-18(27(4)5)11-12-19(14)24-21-16(3)26-28-22(21)25-20(15(2)23(28)29)17-9-7-6-8-10-17/h11-13,17H,6-10H2,1-5H3. The van der Waals surface area contributed by atoms with Gasteiger partial charge in [0.15, 0.2) is 5.82 Å². The number of hydrogen-bond acceptors (Lipinski definition) is 5. The zero-order valence-electron chi connectivity index (χ0n) is 18.0. The van der Waals surface area contributed by atoms with Gasteiger partial charge in [0.05, 0.1) is 17.1 Å². The highest BCUT2D eigenvalue weighted by Crippen LogP contribution is 2.33. The van der Waals surface area contributed by atoms with Crippen LogP contribution >= 0.6 is 0 Å². The fraction of sp³-hybridized carbons (Fsp3) is 0.478. The summed E-state index contributed by atoms with van der Waals surface area (Å²) in [4.78, 5) is 24.9. The molecule has 6 nitrogen and oxygen atoms in total. The lowest BCUT2D eigenvalue weighted by Gasteiger charge is -2.22. The number of fused-ring (bicyclic) bond motifs is 1. The average Bonchev–Trinajstić information content (AvgIpc) is 3.02. The van der Waals surface area contributed by atoms with Gasteiger partial charge in [0.2, 0.25) is 0 Å². The van der Waals surface area contributed by atoms with Crippen LogP contribution < -0.4 is 10.5 Å². The van der Waals surface area contributed by atoms with Crippen LogP contribution in [0.2, 0.25) is 0 Å². The maximum absolute atomic E-state index is 13.0. The zero-order chi connectivity index (χ0) is 20.7. The molecule has 0 atom stereocenters. The van der Waals surface area contributed by atoms with E-state index in [1.807, 2.05) is 34.0 Å². The first-order valence-corrected chi connectivity index (χ1v) is 10.4. The van der Waals surface area contributed by atoms with Crippen molar-refractivity contribution in [3.05, 3.63) is 51.2 Å². The minimum Gasteiger partial charge on any atom is -0.378 e. The number of aryl methyl sites for hydroxylation is 1. The summed E-state index contributed by atoms with van der Waals surface area (Å²) in [6, 6.07) is 6.18. The van der Waals surface area contributed by atoms with E-state index in [0.29, 0.717) is 17.5 Å². The van der Waals surface area contributed by atoms with Crippen LogP contribution in [-0.4, -0.2) is 35.2 Å². The van der Waals surface area contributed by atoms with E-state index in [9.17, 15) is 4.79 Å². The highest BCUT2D eigenvalue weighted by molar-refractivity contribution is 6.48. The predicted octanol–water partition coefficient (Wildman–Crippen LogP) is 4.33. The molecular formula is C23H29N5O. The molecule has 1 fully saturated rings. The van der Waals surface area contributed by atoms with Gasteiger partial charge in [-0.3, -0.25) is 4.79 Å². The second-order valence-corrected chi connectivity index (χ2v) is 8.41. The Hall–Kier alpha value is -2.76. The summed E-state index contributed by atoms with van der Waals surface area (Å²) in [6.07, 6.45) is 5.90. The average molecular weight is 392 g/mol. The van der Waals surface area contributed by atoms with Crippen LogP contribution in [0.4, 0.5) is 11.4 Å². The molecule has 1 aliphatic heterocycles. The molecule has 4 rings (SSSR count). The van der Waals surface area contributed by atoms with Crippen LogP contribution in [0.5, 0.6) is 0 Å². The molecule has 1 saturated carbocycles. The topological polar surface area (TPSA) is 62.9 Å². The van der Waals surface area contributed by atoms with E-state index in [2.05, 4.69) is 29.1 Å². The first-order valence-electron chi connectivity index (χ1n) is 10.4. The smallest absolute Gasteiger partial charge is 0.277 e. The van der Waals surface area contributed by atoms with Crippen molar-refractivity contribution in [3.8, 4) is 0 Å². The van der Waals surface area contributed by atoms with E-state index in [0.717, 1.165) is 46.7 Å². The van der Waals surface area contributed by atoms with E-state index in [4.69, 9.17) is 9.98 Å². The van der Waals surface area contributed by atoms with Crippen molar-refractivity contribution in [2.45, 2.75) is 58.8 Å². The maximum Gasteiger partial charge on any atom is 0.277 e. The highest BCUT2D eigenvalue weighted by atomic mass is 16.1. The van der Waals surface area contributed by atoms with Gasteiger partial charge in [-0.25, -0.2) is 9.98 Å². The van der Waals surface area contributed by atoms with Gasteiger partial charge in [-0.15, -0.1) is 0 Å². The number of aliphatic imine (C=N–C) groups is 1. The number of aromatic nitrogens is 2. The molecule has 0 bridgehead atoms. The Balaban J connectivity index is 1.81. The Morgan fingerprint density at radius 3 is 2.48 bits per heavy atom. The molecule has 2 aliphatic rings. The SMILES string of the molecule is CC1=Nn2c(nc(C3CCCCC3)c(C)c2=O)C1=Nc1ccc(N(C)C)cc1C. The van der Waals surface area contributed by atoms with Crippen LogP contribution in [0.15, 0.2) is 33.1 Å². The summed E-state index contributed by atoms with van der Waals surface area (Å²) in [7, 11) is 4.05. The van der Waals surface area contributed by atoms with Gasteiger partial charge >= 0.3 is 0 Å². The van der Waals surface area contributed by atoms with Gasteiger partial charge < -0.3 is 4.90 Å². The molecule has 0 N–H and O–H groups in total. The fourth-order valence-corrected chi connectivity index (χ4v) is 4.28. The lowest BCUT2D eigenvalue weighted by molar-refractivity contribution is 0.433. The summed E-state index contributed by atoms with van der Waals surface area (Å²) in [5.74, 6) is 0.945. The number of hydrogen-bond donors (Lipinski definition) is 0. The second-order valence-electron chi connectivity index (χ2n) is 8.41. The van der Waals surface area contributed by atoms with Crippen molar-refractivity contribution >= 4 is 22.8 Å². The van der Waals surface area contributed by atoms with Crippen molar-refractivity contribution in [1.82, 2.24) is 9.66 Å². The third-order valence-corrected chi connectivity index (χ3v) is 6.05. The van der Waals surface area contributed by atoms with Crippen molar-refractivity contribution in [3.63, 3.8) is 0 Å². The van der Waals surface area contributed by atoms with Crippen LogP contribution in [0.3, 0.4) is 0 Å². The normalized spacial score (nSPS) is 18.1. The number of nitrogens with zero attached hydrogens (tertiary/aromatic N) is 5. The maximum atomic E-state index is 13.0. The minimum absolute atomic E-state index is 0.0696. The Labute approximate surface area is 172 Å². The van der Waals surface area contributed by atoms with Gasteiger partial charge in [-0.05, 0) is 57.4 Å². The van der Waals surface area contributed by atoms with Gasteiger partial charge in [-0.2, -0.15) is 9.78 Å². The fourth-order valence-electron chi connectivity index (χ4n) is 4.28. The summed E-state index contributed by atoms with van der Waals surface area (Å²) < 4.78 is 1.43. The van der Waals surface area contributed by atoms with Crippen molar-refractivity contribution in [1.29, 1.82) is 0 Å². The Morgan fingerprint density at radius 1 is 1.10 bits per heavy atom. The molecule has 6 heteroatoms. The summed E-state index contributed by atoms with van der Waals surface area (Å²) in [5, 5.41) is 4.47. The van der Waals surface area contributed by atoms with Gasteiger partial charge in [0.1, 0.15) is 5.71 Å². The predicted molar refractivity (Wildman–Crippen MR) is 119 cm³/mol. The highest BCUT2D eigenvalue weighted by Gasteiger charge is 2.28. The molecule has 2 aromatic rings. The quantitative estimate of drug-likeness (QED) is 0.782. The third-order valence-electron chi connectivity index (χ3n) is 6.05. The van der Waals surface area contributed by atoms with Crippen molar-refractivity contribution in [2.24, 2.45) is 10.1 Å². The van der Waals surface area contributed by atoms with Crippen molar-refractivity contribution < 1.29 is 0 Å². The first-order chi connectivity index (χ1) is 13.9. The number of rotatable bonds is 3. The molecule has 0 saturated heterocycles. The Morgan fingerprint density at radius 2 is 1.83 bits per heavy atom. The molecule has 152 valence electrons. The Bertz CT molecular complexity index is 1070. The molecular weight excluding hydrogens is 362 g/mol. The first kappa shape index (κ1) is 19.6. The van der Waals surface area contributed by atoms with Crippen LogP contribution in [0, 0.1) is 13.8 Å². The third kappa shape index (κ3) is 3.52. The summed E-state index contributed by atoms with van der Waals surface area (Å²) in [6.45, 7) is 5.83. The molecule has 2 heterocycles. The van der Waals surface area contributed by atoms with E-state index < -0.39 is 0 Å². The lowest BCUT2D eigenvalue weighted by Crippen LogP contribution is -2.27. The van der Waals surface area contributed by atoms with Gasteiger partial charge in [0, 0.05) is 31.3 Å². The zero-order valence-corrected chi connectivity index (χ0v) is 18.0. The van der Waals surface area contributed by atoms with E-state index in [1.54, 1.807) is 0 Å². The summed E-state index contributed by atoms with van der Waals surface area (Å²) in [5.41, 5.74) is 6.11. The molecule has 1 aromatic heterocycles. The molecule has 0 radical (unpaired) electrons. The summed E-state index contributed by atoms with van der Waals surface area (Å²) >= 11 is 0. The minimum atomic E-state index is -0.0696. The van der Waals surface area contributed by atoms with E-state index >= 15 is 0 Å². The van der Waals surface area contributed by atoms with Crippen LogP contribution in [0.1, 0.15) is 67.6 Å². The van der Waals surface area contributed by atoms with E-state index in [1.165, 1.54) is 23.9 Å². The number of anilines is 1. The molecule has 0 amide bonds. The van der Waals surface area contributed by atoms with Gasteiger partial charge in [-0.1, -0.05) is 19.3 Å². The monoisotopic (exact) mass is 391 g/mol. The largest absolute Gasteiger partial charge is 0.378 e. The van der Waals surface area contributed by atoms with Crippen LogP contribution in [0.25, 0.3) is 0 Å². The Kier molecular flexibility index (Phi) is 5.11. The molecule has 0 spiro atoms. The molecule has 29 heavy (non-hydrogen) atoms. The van der Waals surface area contributed by atoms with Gasteiger partial charge in [0.25, 0.3) is 5.56 Å². The molecule has 0 unspecified atom stereocenters. The van der Waals surface area contributed by atoms with Crippen LogP contribution in [-0.2, 0) is 0 Å². The lowest BCUT2D eigenvalue weighted by atomic mass is 9.85. The van der Waals surface area contributed by atoms with E-state index in [-0.39, 0.29) is 5.56 Å². The molecule has 1 aromatic carbocycles. The molecule has 1 aliphatic carbocycles. The number of benzene rings is 1. The second kappa shape index (κ2) is 7.58. The van der Waals surface area contributed by atoms with Crippen molar-refractivity contribution in [2.75, 3.05) is 19.0 Å².